The van der Waals surface area contributed by atoms with Gasteiger partial charge in [0.1, 0.15) is 11.4 Å². The molecular weight excluding hydrogens is 609 g/mol. The second kappa shape index (κ2) is 11.8. The van der Waals surface area contributed by atoms with E-state index in [1.54, 1.807) is 6.07 Å². The third-order valence-electron chi connectivity index (χ3n) is 12.0. The number of aromatic carboxylic acids is 1. The highest BCUT2D eigenvalue weighted by Crippen LogP contribution is 2.60. The van der Waals surface area contributed by atoms with E-state index in [-0.39, 0.29) is 35.1 Å². The molecule has 9 rings (SSSR count). The average Bonchev–Trinajstić information content (AvgIpc) is 3.91. The zero-order valence-corrected chi connectivity index (χ0v) is 27.5. The number of hydrogen-bond donors (Lipinski definition) is 1. The molecule has 12 heteroatoms. The van der Waals surface area contributed by atoms with Gasteiger partial charge in [0.25, 0.3) is 0 Å². The fraction of sp³-hybridized carbons (Fsp3) is 0.714. The Morgan fingerprint density at radius 1 is 1.06 bits per heavy atom. The van der Waals surface area contributed by atoms with E-state index in [1.165, 1.54) is 12.3 Å². The molecule has 5 aliphatic heterocycles. The van der Waals surface area contributed by atoms with Crippen molar-refractivity contribution in [1.29, 1.82) is 0 Å². The van der Waals surface area contributed by atoms with Gasteiger partial charge in [0.2, 0.25) is 11.2 Å². The van der Waals surface area contributed by atoms with Crippen molar-refractivity contribution in [2.45, 2.75) is 95.7 Å². The molecular formula is C35H46FN3O8. The van der Waals surface area contributed by atoms with Gasteiger partial charge in [-0.15, -0.1) is 0 Å². The molecule has 7 aliphatic rings. The van der Waals surface area contributed by atoms with Crippen LogP contribution in [0.25, 0.3) is 10.9 Å². The highest BCUT2D eigenvalue weighted by atomic mass is 19.1. The number of nitrogens with zero attached hydrogens (tertiary/aromatic N) is 3. The fourth-order valence-corrected chi connectivity index (χ4v) is 9.17. The van der Waals surface area contributed by atoms with Crippen molar-refractivity contribution in [3.8, 4) is 0 Å². The quantitative estimate of drug-likeness (QED) is 0.311. The van der Waals surface area contributed by atoms with Gasteiger partial charge in [0, 0.05) is 68.6 Å². The van der Waals surface area contributed by atoms with Crippen molar-refractivity contribution < 1.29 is 38.3 Å². The molecule has 1 spiro atoms. The summed E-state index contributed by atoms with van der Waals surface area (Å²) in [5.74, 6) is -1.37. The van der Waals surface area contributed by atoms with E-state index < -0.39 is 34.9 Å². The van der Waals surface area contributed by atoms with Crippen molar-refractivity contribution in [1.82, 2.24) is 9.47 Å². The van der Waals surface area contributed by atoms with Crippen LogP contribution in [0.1, 0.15) is 82.1 Å². The second-order valence-electron chi connectivity index (χ2n) is 15.0. The summed E-state index contributed by atoms with van der Waals surface area (Å²) in [5.41, 5.74) is -0.499. The van der Waals surface area contributed by atoms with E-state index in [4.69, 9.17) is 24.0 Å². The Hall–Kier alpha value is -2.61. The van der Waals surface area contributed by atoms with Crippen molar-refractivity contribution >= 4 is 22.6 Å². The van der Waals surface area contributed by atoms with E-state index in [1.807, 2.05) is 16.4 Å². The van der Waals surface area contributed by atoms with Crippen LogP contribution in [0.4, 0.5) is 10.1 Å². The predicted octanol–water partition coefficient (Wildman–Crippen LogP) is 4.91. The normalized spacial score (nSPS) is 37.1. The molecule has 1 aromatic heterocycles. The summed E-state index contributed by atoms with van der Waals surface area (Å²) in [6.07, 6.45) is 7.18. The zero-order chi connectivity index (χ0) is 32.7. The van der Waals surface area contributed by atoms with Crippen LogP contribution in [0.2, 0.25) is 0 Å². The molecule has 0 radical (unpaired) electrons. The lowest BCUT2D eigenvalue weighted by atomic mass is 9.58. The number of benzene rings is 1. The number of halogens is 1. The number of ether oxygens (including phenoxy) is 3. The van der Waals surface area contributed by atoms with Gasteiger partial charge in [0.05, 0.1) is 17.8 Å². The summed E-state index contributed by atoms with van der Waals surface area (Å²) < 4.78 is 36.7. The number of pyridine rings is 1. The molecule has 5 saturated heterocycles. The third-order valence-corrected chi connectivity index (χ3v) is 12.0. The van der Waals surface area contributed by atoms with Gasteiger partial charge in [-0.05, 0) is 69.4 Å². The van der Waals surface area contributed by atoms with E-state index in [0.717, 1.165) is 64.6 Å². The Balaban J connectivity index is 0.878. The molecule has 7 fully saturated rings. The first-order valence-electron chi connectivity index (χ1n) is 17.5. The van der Waals surface area contributed by atoms with Crippen LogP contribution >= 0.6 is 0 Å². The fourth-order valence-electron chi connectivity index (χ4n) is 9.17. The summed E-state index contributed by atoms with van der Waals surface area (Å²) in [5, 5.41) is 9.65. The Bertz CT molecular complexity index is 1610. The predicted molar refractivity (Wildman–Crippen MR) is 169 cm³/mol. The smallest absolute Gasteiger partial charge is 0.341 e. The number of hydrogen-bond acceptors (Lipinski definition) is 9. The number of carbonyl (C=O) groups is 1. The first-order valence-corrected chi connectivity index (χ1v) is 17.5. The molecule has 11 nitrogen and oxygen atoms in total. The van der Waals surface area contributed by atoms with Crippen molar-refractivity contribution in [3.05, 3.63) is 39.9 Å². The molecule has 2 aliphatic carbocycles. The van der Waals surface area contributed by atoms with Gasteiger partial charge in [-0.25, -0.2) is 19.0 Å². The van der Waals surface area contributed by atoms with E-state index >= 15 is 4.39 Å². The molecule has 1 N–H and O–H groups in total. The van der Waals surface area contributed by atoms with Crippen molar-refractivity contribution in [2.75, 3.05) is 44.2 Å². The summed E-state index contributed by atoms with van der Waals surface area (Å²) in [4.78, 5) is 41.1. The number of rotatable bonds is 8. The van der Waals surface area contributed by atoms with Crippen LogP contribution in [-0.2, 0) is 24.0 Å². The molecule has 0 amide bonds. The zero-order valence-electron chi connectivity index (χ0n) is 27.5. The van der Waals surface area contributed by atoms with Crippen LogP contribution < -0.4 is 10.3 Å². The van der Waals surface area contributed by atoms with Gasteiger partial charge < -0.3 is 28.8 Å². The summed E-state index contributed by atoms with van der Waals surface area (Å²) in [6.45, 7) is 10.7. The summed E-state index contributed by atoms with van der Waals surface area (Å²) >= 11 is 0. The minimum Gasteiger partial charge on any atom is -0.477 e. The van der Waals surface area contributed by atoms with Crippen LogP contribution in [-0.4, -0.2) is 83.8 Å². The van der Waals surface area contributed by atoms with Crippen LogP contribution in [0.3, 0.4) is 0 Å². The Morgan fingerprint density at radius 2 is 1.85 bits per heavy atom. The van der Waals surface area contributed by atoms with E-state index in [2.05, 4.69) is 18.7 Å². The van der Waals surface area contributed by atoms with Gasteiger partial charge in [0.15, 0.2) is 18.2 Å². The number of carboxylic acids is 1. The largest absolute Gasteiger partial charge is 0.477 e. The Kier molecular flexibility index (Phi) is 7.92. The van der Waals surface area contributed by atoms with Gasteiger partial charge >= 0.3 is 5.97 Å². The molecule has 2 aromatic rings. The maximum atomic E-state index is 15.4. The highest BCUT2D eigenvalue weighted by molar-refractivity contribution is 5.93. The van der Waals surface area contributed by atoms with Crippen molar-refractivity contribution in [3.63, 3.8) is 0 Å². The third kappa shape index (κ3) is 5.30. The maximum absolute atomic E-state index is 15.4. The molecule has 2 saturated carbocycles. The molecule has 0 unspecified atom stereocenters. The summed E-state index contributed by atoms with van der Waals surface area (Å²) in [6, 6.07) is 3.09. The second-order valence-corrected chi connectivity index (χ2v) is 15.0. The lowest BCUT2D eigenvalue weighted by molar-refractivity contribution is -0.577. The lowest BCUT2D eigenvalue weighted by Gasteiger charge is -2.60. The Labute approximate surface area is 273 Å². The average molecular weight is 656 g/mol. The van der Waals surface area contributed by atoms with Gasteiger partial charge in [-0.2, -0.15) is 0 Å². The lowest BCUT2D eigenvalue weighted by Crippen LogP contribution is -2.70. The monoisotopic (exact) mass is 655 g/mol. The van der Waals surface area contributed by atoms with Crippen LogP contribution in [0.5, 0.6) is 0 Å². The number of piperazine rings is 1. The number of aromatic nitrogens is 1. The molecule has 47 heavy (non-hydrogen) atoms. The molecule has 1 aromatic carbocycles. The topological polar surface area (TPSA) is 112 Å². The summed E-state index contributed by atoms with van der Waals surface area (Å²) in [7, 11) is 0. The molecule has 8 atom stereocenters. The first kappa shape index (κ1) is 31.6. The SMILES string of the molecule is C[C@H]1[C@@H](OCCCN2CCN(c3cc4c(cc3F)c(=O)c(C(=O)O)cn4C3CC3)CC2)O[C@@H]2O[C@@]3(C)CC[C@H]4[C@H](C)CC[C@@H]1[C@@]24OO3. The number of fused-ring (bicyclic) bond motifs is 3. The van der Waals surface area contributed by atoms with Crippen LogP contribution in [0.15, 0.2) is 23.1 Å². The maximum Gasteiger partial charge on any atom is 0.341 e. The molecule has 256 valence electrons. The molecule has 6 heterocycles. The number of carboxylic acid groups (broad SMARTS) is 1. The van der Waals surface area contributed by atoms with Gasteiger partial charge in [-0.1, -0.05) is 13.8 Å². The Morgan fingerprint density at radius 3 is 2.60 bits per heavy atom. The first-order chi connectivity index (χ1) is 22.6. The number of anilines is 1. The minimum absolute atomic E-state index is 0.120. The van der Waals surface area contributed by atoms with Crippen LogP contribution in [0, 0.1) is 29.5 Å². The van der Waals surface area contributed by atoms with E-state index in [0.29, 0.717) is 42.7 Å². The standard InChI is InChI=1S/C35H46FN3O8/c1-20-5-8-26-21(2)32(44-33-35(26)25(20)9-10-34(3,45-33)46-47-35)43-16-4-11-37-12-14-38(15-13-37)29-18-28-23(17-27(29)36)30(40)24(31(41)42)19-39(28)22-6-7-22/h17-22,25-26,32-33H,4-16H2,1-3H3,(H,41,42)/t20-,21-,25+,26+,32+,33-,34-,35-/m1/s1. The van der Waals surface area contributed by atoms with Gasteiger partial charge in [-0.3, -0.25) is 9.69 Å². The van der Waals surface area contributed by atoms with E-state index in [9.17, 15) is 14.7 Å². The van der Waals surface area contributed by atoms with Crippen molar-refractivity contribution in [2.24, 2.45) is 23.7 Å². The minimum atomic E-state index is -1.29. The molecule has 2 bridgehead atoms. The highest BCUT2D eigenvalue weighted by Gasteiger charge is 2.69.